The number of benzene rings is 1. The zero-order valence-corrected chi connectivity index (χ0v) is 13.4. The first-order chi connectivity index (χ1) is 11.9. The van der Waals surface area contributed by atoms with Gasteiger partial charge in [-0.1, -0.05) is 36.4 Å². The summed E-state index contributed by atoms with van der Waals surface area (Å²) in [6.45, 7) is -1.17. The second-order valence-corrected chi connectivity index (χ2v) is 6.06. The van der Waals surface area contributed by atoms with Gasteiger partial charge in [0.25, 0.3) is 0 Å². The molecule has 132 valence electrons. The number of amides is 1. The SMILES string of the molecule is O=C1C[C@H](N[C@H](c2ccccc2)c2ccccn2)CN1CC(F)(F)F. The van der Waals surface area contributed by atoms with Crippen LogP contribution in [0.4, 0.5) is 13.2 Å². The highest BCUT2D eigenvalue weighted by atomic mass is 19.4. The zero-order valence-electron chi connectivity index (χ0n) is 13.4. The minimum Gasteiger partial charge on any atom is -0.332 e. The molecular formula is C18H18F3N3O. The molecule has 1 aromatic heterocycles. The van der Waals surface area contributed by atoms with Gasteiger partial charge in [-0.2, -0.15) is 13.2 Å². The normalized spacial score (nSPS) is 19.2. The third-order valence-electron chi connectivity index (χ3n) is 4.10. The maximum atomic E-state index is 12.6. The van der Waals surface area contributed by atoms with E-state index in [9.17, 15) is 18.0 Å². The van der Waals surface area contributed by atoms with Crippen molar-refractivity contribution in [2.45, 2.75) is 24.7 Å². The summed E-state index contributed by atoms with van der Waals surface area (Å²) in [6.07, 6.45) is -2.67. The van der Waals surface area contributed by atoms with E-state index in [2.05, 4.69) is 10.3 Å². The summed E-state index contributed by atoms with van der Waals surface area (Å²) in [4.78, 5) is 17.1. The molecule has 2 atom stereocenters. The van der Waals surface area contributed by atoms with E-state index in [4.69, 9.17) is 0 Å². The van der Waals surface area contributed by atoms with Gasteiger partial charge in [0.15, 0.2) is 0 Å². The Balaban J connectivity index is 1.77. The first-order valence-electron chi connectivity index (χ1n) is 7.99. The molecule has 0 spiro atoms. The standard InChI is InChI=1S/C18H18F3N3O/c19-18(20,21)12-24-11-14(10-16(24)25)23-17(13-6-2-1-3-7-13)15-8-4-5-9-22-15/h1-9,14,17,23H,10-12H2/t14-,17+/m0/s1. The third-order valence-corrected chi connectivity index (χ3v) is 4.10. The van der Waals surface area contributed by atoms with E-state index < -0.39 is 18.6 Å². The van der Waals surface area contributed by atoms with Gasteiger partial charge in [-0.15, -0.1) is 0 Å². The molecular weight excluding hydrogens is 331 g/mol. The van der Waals surface area contributed by atoms with Gasteiger partial charge in [0.05, 0.1) is 11.7 Å². The Kier molecular flexibility index (Phi) is 5.03. The molecule has 1 saturated heterocycles. The maximum absolute atomic E-state index is 12.6. The average Bonchev–Trinajstić information content (AvgIpc) is 2.92. The summed E-state index contributed by atoms with van der Waals surface area (Å²) in [5, 5.41) is 3.30. The van der Waals surface area contributed by atoms with Crippen molar-refractivity contribution in [2.24, 2.45) is 0 Å². The highest BCUT2D eigenvalue weighted by Gasteiger charge is 2.39. The summed E-state index contributed by atoms with van der Waals surface area (Å²) < 4.78 is 37.7. The number of aromatic nitrogens is 1. The number of nitrogens with one attached hydrogen (secondary N) is 1. The second-order valence-electron chi connectivity index (χ2n) is 6.06. The fourth-order valence-corrected chi connectivity index (χ4v) is 3.03. The number of carbonyl (C=O) groups is 1. The van der Waals surface area contributed by atoms with E-state index in [0.29, 0.717) is 0 Å². The lowest BCUT2D eigenvalue weighted by molar-refractivity contribution is -0.157. The van der Waals surface area contributed by atoms with Crippen molar-refractivity contribution in [3.05, 3.63) is 66.0 Å². The van der Waals surface area contributed by atoms with Gasteiger partial charge in [-0.05, 0) is 17.7 Å². The highest BCUT2D eigenvalue weighted by molar-refractivity contribution is 5.79. The number of nitrogens with zero attached hydrogens (tertiary/aromatic N) is 2. The van der Waals surface area contributed by atoms with E-state index >= 15 is 0 Å². The molecule has 0 bridgehead atoms. The summed E-state index contributed by atoms with van der Waals surface area (Å²) >= 11 is 0. The number of carbonyl (C=O) groups excluding carboxylic acids is 1. The van der Waals surface area contributed by atoms with Crippen LogP contribution in [-0.2, 0) is 4.79 Å². The number of alkyl halides is 3. The Bertz CT molecular complexity index is 667. The Labute approximate surface area is 143 Å². The molecule has 1 aliphatic heterocycles. The lowest BCUT2D eigenvalue weighted by atomic mass is 10.0. The van der Waals surface area contributed by atoms with Crippen LogP contribution in [0.3, 0.4) is 0 Å². The monoisotopic (exact) mass is 349 g/mol. The first kappa shape index (κ1) is 17.4. The van der Waals surface area contributed by atoms with E-state index in [1.54, 1.807) is 12.3 Å². The van der Waals surface area contributed by atoms with Crippen LogP contribution in [0, 0.1) is 0 Å². The van der Waals surface area contributed by atoms with Crippen LogP contribution in [0.15, 0.2) is 54.7 Å². The molecule has 1 aromatic carbocycles. The van der Waals surface area contributed by atoms with Crippen molar-refractivity contribution in [1.82, 2.24) is 15.2 Å². The molecule has 0 aliphatic carbocycles. The van der Waals surface area contributed by atoms with Gasteiger partial charge < -0.3 is 4.90 Å². The van der Waals surface area contributed by atoms with Gasteiger partial charge >= 0.3 is 6.18 Å². The van der Waals surface area contributed by atoms with E-state index in [1.165, 1.54) is 0 Å². The number of likely N-dealkylation sites (tertiary alicyclic amines) is 1. The minimum atomic E-state index is -4.38. The predicted octanol–water partition coefficient (Wildman–Crippen LogP) is 2.92. The maximum Gasteiger partial charge on any atom is 0.406 e. The number of rotatable bonds is 5. The first-order valence-corrected chi connectivity index (χ1v) is 7.99. The number of hydrogen-bond acceptors (Lipinski definition) is 3. The lowest BCUT2D eigenvalue weighted by Gasteiger charge is -2.23. The highest BCUT2D eigenvalue weighted by Crippen LogP contribution is 2.25. The molecule has 1 amide bonds. The van der Waals surface area contributed by atoms with Crippen LogP contribution in [0.1, 0.15) is 23.7 Å². The van der Waals surface area contributed by atoms with E-state index in [0.717, 1.165) is 16.2 Å². The minimum absolute atomic E-state index is 0.0362. The topological polar surface area (TPSA) is 45.2 Å². The smallest absolute Gasteiger partial charge is 0.332 e. The quantitative estimate of drug-likeness (QED) is 0.903. The molecule has 3 rings (SSSR count). The molecule has 4 nitrogen and oxygen atoms in total. The van der Waals surface area contributed by atoms with Gasteiger partial charge in [-0.25, -0.2) is 0 Å². The number of hydrogen-bond donors (Lipinski definition) is 1. The average molecular weight is 349 g/mol. The molecule has 0 saturated carbocycles. The van der Waals surface area contributed by atoms with Crippen LogP contribution in [-0.4, -0.2) is 41.1 Å². The molecule has 0 radical (unpaired) electrons. The van der Waals surface area contributed by atoms with Gasteiger partial charge in [0.2, 0.25) is 5.91 Å². The van der Waals surface area contributed by atoms with Crippen molar-refractivity contribution in [1.29, 1.82) is 0 Å². The molecule has 2 heterocycles. The Morgan fingerprint density at radius 2 is 1.88 bits per heavy atom. The van der Waals surface area contributed by atoms with Crippen molar-refractivity contribution in [2.75, 3.05) is 13.1 Å². The predicted molar refractivity (Wildman–Crippen MR) is 86.7 cm³/mol. The van der Waals surface area contributed by atoms with Gasteiger partial charge in [-0.3, -0.25) is 15.1 Å². The van der Waals surface area contributed by atoms with Crippen LogP contribution in [0.25, 0.3) is 0 Å². The van der Waals surface area contributed by atoms with E-state index in [1.807, 2.05) is 42.5 Å². The fraction of sp³-hybridized carbons (Fsp3) is 0.333. The Hall–Kier alpha value is -2.41. The van der Waals surface area contributed by atoms with Crippen molar-refractivity contribution >= 4 is 5.91 Å². The zero-order chi connectivity index (χ0) is 17.9. The molecule has 2 aromatic rings. The van der Waals surface area contributed by atoms with Gasteiger partial charge in [0, 0.05) is 25.2 Å². The molecule has 7 heteroatoms. The molecule has 1 aliphatic rings. The molecule has 1 fully saturated rings. The summed E-state index contributed by atoms with van der Waals surface area (Å²) in [7, 11) is 0. The van der Waals surface area contributed by atoms with Gasteiger partial charge in [0.1, 0.15) is 6.54 Å². The molecule has 25 heavy (non-hydrogen) atoms. The van der Waals surface area contributed by atoms with E-state index in [-0.39, 0.29) is 25.0 Å². The van der Waals surface area contributed by atoms with Crippen LogP contribution < -0.4 is 5.32 Å². The summed E-state index contributed by atoms with van der Waals surface area (Å²) in [5.41, 5.74) is 1.71. The second kappa shape index (κ2) is 7.23. The van der Waals surface area contributed by atoms with Crippen LogP contribution in [0.2, 0.25) is 0 Å². The Morgan fingerprint density at radius 1 is 1.16 bits per heavy atom. The number of pyridine rings is 1. The third kappa shape index (κ3) is 4.57. The Morgan fingerprint density at radius 3 is 2.52 bits per heavy atom. The number of halogens is 3. The lowest BCUT2D eigenvalue weighted by Crippen LogP contribution is -2.39. The van der Waals surface area contributed by atoms with Crippen LogP contribution in [0.5, 0.6) is 0 Å². The van der Waals surface area contributed by atoms with Crippen LogP contribution >= 0.6 is 0 Å². The fourth-order valence-electron chi connectivity index (χ4n) is 3.03. The van der Waals surface area contributed by atoms with Crippen molar-refractivity contribution in [3.8, 4) is 0 Å². The largest absolute Gasteiger partial charge is 0.406 e. The summed E-state index contributed by atoms with van der Waals surface area (Å²) in [6, 6.07) is 14.4. The molecule has 1 N–H and O–H groups in total. The van der Waals surface area contributed by atoms with Crippen molar-refractivity contribution < 1.29 is 18.0 Å². The summed E-state index contributed by atoms with van der Waals surface area (Å²) in [5.74, 6) is -0.484. The van der Waals surface area contributed by atoms with Crippen molar-refractivity contribution in [3.63, 3.8) is 0 Å². The molecule has 0 unspecified atom stereocenters.